The number of hydrogen-bond donors (Lipinski definition) is 3. The molecule has 2 atom stereocenters. The maximum Gasteiger partial charge on any atom is 0.161 e. The fourth-order valence-corrected chi connectivity index (χ4v) is 2.19. The Kier molecular flexibility index (Phi) is 5.67. The lowest BCUT2D eigenvalue weighted by molar-refractivity contribution is -0.000581. The number of hydrogen-bond acceptors (Lipinski definition) is 6. The Hall–Kier alpha value is -2.44. The van der Waals surface area contributed by atoms with E-state index in [4.69, 9.17) is 14.2 Å². The van der Waals surface area contributed by atoms with Crippen LogP contribution in [0.2, 0.25) is 0 Å². The summed E-state index contributed by atoms with van der Waals surface area (Å²) in [7, 11) is 2.96. The number of phenols is 1. The van der Waals surface area contributed by atoms with Crippen molar-refractivity contribution in [3.05, 3.63) is 48.0 Å². The van der Waals surface area contributed by atoms with E-state index < -0.39 is 18.8 Å². The molecule has 6 nitrogen and oxygen atoms in total. The summed E-state index contributed by atoms with van der Waals surface area (Å²) in [5.41, 5.74) is 0.371. The lowest BCUT2D eigenvalue weighted by Crippen LogP contribution is -2.29. The fourth-order valence-electron chi connectivity index (χ4n) is 2.19. The van der Waals surface area contributed by atoms with Gasteiger partial charge >= 0.3 is 0 Å². The zero-order chi connectivity index (χ0) is 16.8. The monoisotopic (exact) mass is 320 g/mol. The van der Waals surface area contributed by atoms with E-state index in [-0.39, 0.29) is 5.75 Å². The molecule has 0 saturated heterocycles. The van der Waals surface area contributed by atoms with Crippen LogP contribution < -0.4 is 14.2 Å². The van der Waals surface area contributed by atoms with Gasteiger partial charge in [-0.15, -0.1) is 0 Å². The molecular weight excluding hydrogens is 300 g/mol. The van der Waals surface area contributed by atoms with Crippen LogP contribution in [0.5, 0.6) is 23.0 Å². The number of aliphatic hydroxyl groups excluding tert-OH is 2. The van der Waals surface area contributed by atoms with Gasteiger partial charge in [-0.05, 0) is 29.8 Å². The number of ether oxygens (including phenoxy) is 3. The fraction of sp³-hybridized carbons (Fsp3) is 0.294. The van der Waals surface area contributed by atoms with Gasteiger partial charge < -0.3 is 29.5 Å². The Morgan fingerprint density at radius 3 is 2.30 bits per heavy atom. The molecule has 0 aliphatic rings. The lowest BCUT2D eigenvalue weighted by atomic mass is 10.0. The largest absolute Gasteiger partial charge is 0.508 e. The van der Waals surface area contributed by atoms with Crippen molar-refractivity contribution < 1.29 is 29.5 Å². The van der Waals surface area contributed by atoms with E-state index in [1.165, 1.54) is 26.4 Å². The molecule has 0 aliphatic heterocycles. The predicted octanol–water partition coefficient (Wildman–Crippen LogP) is 1.88. The van der Waals surface area contributed by atoms with E-state index in [2.05, 4.69) is 0 Å². The Balaban J connectivity index is 2.24. The Bertz CT molecular complexity index is 643. The van der Waals surface area contributed by atoms with Crippen molar-refractivity contribution in [2.45, 2.75) is 12.2 Å². The van der Waals surface area contributed by atoms with Crippen molar-refractivity contribution in [1.82, 2.24) is 0 Å². The molecule has 0 unspecified atom stereocenters. The van der Waals surface area contributed by atoms with Gasteiger partial charge in [0.15, 0.2) is 17.6 Å². The average molecular weight is 320 g/mol. The van der Waals surface area contributed by atoms with Crippen molar-refractivity contribution in [2.24, 2.45) is 0 Å². The smallest absolute Gasteiger partial charge is 0.161 e. The van der Waals surface area contributed by atoms with Crippen LogP contribution in [0, 0.1) is 0 Å². The van der Waals surface area contributed by atoms with Gasteiger partial charge in [0, 0.05) is 6.07 Å². The number of methoxy groups -OCH3 is 2. The minimum absolute atomic E-state index is 0.0487. The SMILES string of the molecule is COc1cc(O)cc([C@@H](O)[C@@H](CO)Oc2ccccc2OC)c1. The van der Waals surface area contributed by atoms with Gasteiger partial charge in [0.25, 0.3) is 0 Å². The highest BCUT2D eigenvalue weighted by atomic mass is 16.5. The lowest BCUT2D eigenvalue weighted by Gasteiger charge is -2.24. The quantitative estimate of drug-likeness (QED) is 0.722. The van der Waals surface area contributed by atoms with Crippen LogP contribution in [0.1, 0.15) is 11.7 Å². The summed E-state index contributed by atoms with van der Waals surface area (Å²) in [6.07, 6.45) is -2.09. The molecular formula is C17H20O6. The summed E-state index contributed by atoms with van der Waals surface area (Å²) >= 11 is 0. The topological polar surface area (TPSA) is 88.4 Å². The highest BCUT2D eigenvalue weighted by molar-refractivity contribution is 5.41. The summed E-state index contributed by atoms with van der Waals surface area (Å²) in [4.78, 5) is 0. The van der Waals surface area contributed by atoms with Gasteiger partial charge in [-0.25, -0.2) is 0 Å². The van der Waals surface area contributed by atoms with Crippen LogP contribution in [0.25, 0.3) is 0 Å². The molecule has 2 aromatic carbocycles. The highest BCUT2D eigenvalue weighted by Gasteiger charge is 2.24. The van der Waals surface area contributed by atoms with Gasteiger partial charge in [0.1, 0.15) is 17.6 Å². The zero-order valence-electron chi connectivity index (χ0n) is 13.0. The van der Waals surface area contributed by atoms with E-state index >= 15 is 0 Å². The van der Waals surface area contributed by atoms with Crippen molar-refractivity contribution in [3.63, 3.8) is 0 Å². The average Bonchev–Trinajstić information content (AvgIpc) is 2.58. The molecule has 23 heavy (non-hydrogen) atoms. The van der Waals surface area contributed by atoms with E-state index in [9.17, 15) is 15.3 Å². The molecule has 3 N–H and O–H groups in total. The molecule has 0 radical (unpaired) electrons. The number of aromatic hydroxyl groups is 1. The minimum atomic E-state index is -1.16. The Morgan fingerprint density at radius 2 is 1.70 bits per heavy atom. The molecule has 124 valence electrons. The van der Waals surface area contributed by atoms with E-state index in [1.54, 1.807) is 30.3 Å². The molecule has 0 heterocycles. The molecule has 0 fully saturated rings. The maximum absolute atomic E-state index is 10.5. The first-order chi connectivity index (χ1) is 11.1. The molecule has 0 aromatic heterocycles. The number of aliphatic hydroxyl groups is 2. The summed E-state index contributed by atoms with van der Waals surface area (Å²) < 4.78 is 15.9. The van der Waals surface area contributed by atoms with Gasteiger partial charge in [0.2, 0.25) is 0 Å². The second-order valence-electron chi connectivity index (χ2n) is 4.90. The molecule has 2 rings (SSSR count). The number of para-hydroxylation sites is 2. The third-order valence-electron chi connectivity index (χ3n) is 3.37. The molecule has 6 heteroatoms. The van der Waals surface area contributed by atoms with E-state index in [0.717, 1.165) is 0 Å². The van der Waals surface area contributed by atoms with Crippen LogP contribution in [0.15, 0.2) is 42.5 Å². The van der Waals surface area contributed by atoms with Crippen molar-refractivity contribution in [2.75, 3.05) is 20.8 Å². The summed E-state index contributed by atoms with van der Waals surface area (Å²) in [6, 6.07) is 11.3. The maximum atomic E-state index is 10.5. The normalized spacial score (nSPS) is 13.2. The number of benzene rings is 2. The number of rotatable bonds is 7. The van der Waals surface area contributed by atoms with Gasteiger partial charge in [0.05, 0.1) is 20.8 Å². The third kappa shape index (κ3) is 4.06. The highest BCUT2D eigenvalue weighted by Crippen LogP contribution is 2.32. The zero-order valence-corrected chi connectivity index (χ0v) is 13.0. The summed E-state index contributed by atoms with van der Waals surface area (Å²) in [6.45, 7) is -0.419. The van der Waals surface area contributed by atoms with Crippen LogP contribution in [-0.4, -0.2) is 42.3 Å². The van der Waals surface area contributed by atoms with Gasteiger partial charge in [-0.3, -0.25) is 0 Å². The molecule has 0 saturated carbocycles. The Labute approximate surface area is 134 Å². The first-order valence-corrected chi connectivity index (χ1v) is 7.05. The molecule has 2 aromatic rings. The van der Waals surface area contributed by atoms with Crippen LogP contribution in [0.3, 0.4) is 0 Å². The van der Waals surface area contributed by atoms with Crippen molar-refractivity contribution in [1.29, 1.82) is 0 Å². The molecule has 0 aliphatic carbocycles. The van der Waals surface area contributed by atoms with Crippen LogP contribution in [-0.2, 0) is 0 Å². The Morgan fingerprint density at radius 1 is 1.00 bits per heavy atom. The minimum Gasteiger partial charge on any atom is -0.508 e. The third-order valence-corrected chi connectivity index (χ3v) is 3.37. The van der Waals surface area contributed by atoms with Crippen molar-refractivity contribution in [3.8, 4) is 23.0 Å². The van der Waals surface area contributed by atoms with Gasteiger partial charge in [-0.2, -0.15) is 0 Å². The number of phenolic OH excluding ortho intramolecular Hbond substituents is 1. The standard InChI is InChI=1S/C17H20O6/c1-21-13-8-11(7-12(19)9-13)17(20)16(10-18)23-15-6-4-3-5-14(15)22-2/h3-9,16-20H,10H2,1-2H3/t16-,17-/m1/s1. The predicted molar refractivity (Wildman–Crippen MR) is 84.1 cm³/mol. The van der Waals surface area contributed by atoms with Crippen molar-refractivity contribution >= 4 is 0 Å². The second-order valence-corrected chi connectivity index (χ2v) is 4.90. The summed E-state index contributed by atoms with van der Waals surface area (Å²) in [5, 5.41) is 29.7. The summed E-state index contributed by atoms with van der Waals surface area (Å²) in [5.74, 6) is 1.24. The van der Waals surface area contributed by atoms with E-state index in [0.29, 0.717) is 22.8 Å². The van der Waals surface area contributed by atoms with Crippen LogP contribution >= 0.6 is 0 Å². The second kappa shape index (κ2) is 7.71. The van der Waals surface area contributed by atoms with E-state index in [1.807, 2.05) is 0 Å². The van der Waals surface area contributed by atoms with Crippen LogP contribution in [0.4, 0.5) is 0 Å². The first-order valence-electron chi connectivity index (χ1n) is 7.05. The molecule has 0 bridgehead atoms. The first kappa shape index (κ1) is 16.9. The van der Waals surface area contributed by atoms with Gasteiger partial charge in [-0.1, -0.05) is 12.1 Å². The molecule has 0 amide bonds. The molecule has 0 spiro atoms.